The third-order valence-corrected chi connectivity index (χ3v) is 5.21. The minimum Gasteiger partial charge on any atom is -0.354 e. The second kappa shape index (κ2) is 8.73. The lowest BCUT2D eigenvalue weighted by Gasteiger charge is -2.17. The van der Waals surface area contributed by atoms with Crippen molar-refractivity contribution < 1.29 is 0 Å². The van der Waals surface area contributed by atoms with Gasteiger partial charge in [0.05, 0.1) is 15.7 Å². The first kappa shape index (κ1) is 20.3. The molecule has 3 N–H and O–H groups in total. The Morgan fingerprint density at radius 2 is 1.89 bits per heavy atom. The topological polar surface area (TPSA) is 85.8 Å². The number of nitrogens with zero attached hydrogens (tertiary/aromatic N) is 3. The fourth-order valence-electron chi connectivity index (χ4n) is 2.93. The van der Waals surface area contributed by atoms with E-state index in [0.717, 1.165) is 11.1 Å². The fraction of sp³-hybridized carbons (Fsp3) is 0.250. The zero-order chi connectivity index (χ0) is 20.3. The quantitative estimate of drug-likeness (QED) is 0.641. The smallest absolute Gasteiger partial charge is 0.258 e. The molecule has 28 heavy (non-hydrogen) atoms. The normalized spacial score (nSPS) is 12.0. The summed E-state index contributed by atoms with van der Waals surface area (Å²) in [5.74, 6) is 0.465. The molecule has 6 nitrogen and oxygen atoms in total. The van der Waals surface area contributed by atoms with Gasteiger partial charge in [0.25, 0.3) is 5.56 Å². The highest BCUT2D eigenvalue weighted by molar-refractivity contribution is 6.42. The average Bonchev–Trinajstić information content (AvgIpc) is 2.69. The number of benzene rings is 1. The van der Waals surface area contributed by atoms with Gasteiger partial charge in [-0.2, -0.15) is 0 Å². The van der Waals surface area contributed by atoms with Crippen molar-refractivity contribution in [1.82, 2.24) is 14.5 Å². The van der Waals surface area contributed by atoms with Crippen LogP contribution in [0.3, 0.4) is 0 Å². The Labute approximate surface area is 173 Å². The molecule has 0 saturated carbocycles. The first-order chi connectivity index (χ1) is 13.4. The van der Waals surface area contributed by atoms with E-state index in [-0.39, 0.29) is 11.6 Å². The van der Waals surface area contributed by atoms with E-state index in [0.29, 0.717) is 40.2 Å². The molecule has 0 radical (unpaired) electrons. The Bertz CT molecular complexity index is 1040. The van der Waals surface area contributed by atoms with E-state index in [4.69, 9.17) is 28.9 Å². The summed E-state index contributed by atoms with van der Waals surface area (Å²) in [4.78, 5) is 21.2. The van der Waals surface area contributed by atoms with E-state index in [1.54, 1.807) is 32.4 Å². The molecule has 0 spiro atoms. The third kappa shape index (κ3) is 4.52. The molecule has 2 aromatic heterocycles. The lowest BCUT2D eigenvalue weighted by Crippen LogP contribution is -2.34. The molecular formula is C20H21Cl2N5O. The molecule has 2 heterocycles. The molecule has 0 aliphatic carbocycles. The molecule has 8 heteroatoms. The van der Waals surface area contributed by atoms with Crippen molar-refractivity contribution in [3.63, 3.8) is 0 Å². The second-order valence-corrected chi connectivity index (χ2v) is 7.42. The molecule has 0 fully saturated rings. The number of nitrogens with one attached hydrogen (secondary N) is 1. The number of anilines is 1. The molecule has 0 unspecified atom stereocenters. The molecule has 1 aromatic carbocycles. The molecule has 0 aliphatic rings. The minimum absolute atomic E-state index is 0.109. The lowest BCUT2D eigenvalue weighted by molar-refractivity contribution is 0.687. The van der Waals surface area contributed by atoms with Crippen LogP contribution in [0.2, 0.25) is 10.0 Å². The van der Waals surface area contributed by atoms with Gasteiger partial charge in [0.1, 0.15) is 0 Å². The number of rotatable bonds is 6. The van der Waals surface area contributed by atoms with Gasteiger partial charge in [0, 0.05) is 43.2 Å². The molecule has 0 bridgehead atoms. The van der Waals surface area contributed by atoms with Crippen LogP contribution >= 0.6 is 23.2 Å². The van der Waals surface area contributed by atoms with Crippen molar-refractivity contribution >= 4 is 29.2 Å². The number of hydrogen-bond donors (Lipinski definition) is 2. The monoisotopic (exact) mass is 417 g/mol. The van der Waals surface area contributed by atoms with Gasteiger partial charge in [-0.05, 0) is 43.2 Å². The van der Waals surface area contributed by atoms with E-state index < -0.39 is 0 Å². The third-order valence-electron chi connectivity index (χ3n) is 4.47. The largest absolute Gasteiger partial charge is 0.354 e. The van der Waals surface area contributed by atoms with Gasteiger partial charge in [-0.15, -0.1) is 0 Å². The van der Waals surface area contributed by atoms with Crippen LogP contribution in [-0.4, -0.2) is 27.1 Å². The molecule has 3 rings (SSSR count). The van der Waals surface area contributed by atoms with E-state index >= 15 is 0 Å². The minimum atomic E-state index is -0.195. The Hall–Kier alpha value is -2.41. The van der Waals surface area contributed by atoms with Crippen LogP contribution in [0, 0.1) is 6.92 Å². The van der Waals surface area contributed by atoms with Crippen LogP contribution in [0.4, 0.5) is 5.95 Å². The maximum absolute atomic E-state index is 12.6. The maximum atomic E-state index is 12.6. The summed E-state index contributed by atoms with van der Waals surface area (Å²) in [6.07, 6.45) is 3.96. The van der Waals surface area contributed by atoms with Crippen LogP contribution in [0.1, 0.15) is 11.1 Å². The zero-order valence-electron chi connectivity index (χ0n) is 15.6. The highest BCUT2D eigenvalue weighted by Crippen LogP contribution is 2.23. The van der Waals surface area contributed by atoms with Gasteiger partial charge in [0.2, 0.25) is 5.95 Å². The zero-order valence-corrected chi connectivity index (χ0v) is 17.1. The molecule has 3 aromatic rings. The fourth-order valence-corrected chi connectivity index (χ4v) is 3.25. The first-order valence-electron chi connectivity index (χ1n) is 8.78. The van der Waals surface area contributed by atoms with Crippen LogP contribution < -0.4 is 16.6 Å². The summed E-state index contributed by atoms with van der Waals surface area (Å²) in [6.45, 7) is 2.21. The van der Waals surface area contributed by atoms with Gasteiger partial charge >= 0.3 is 0 Å². The second-order valence-electron chi connectivity index (χ2n) is 6.60. The van der Waals surface area contributed by atoms with Gasteiger partial charge in [-0.25, -0.2) is 4.98 Å². The van der Waals surface area contributed by atoms with E-state index in [9.17, 15) is 4.79 Å². The summed E-state index contributed by atoms with van der Waals surface area (Å²) >= 11 is 12.0. The number of nitrogens with two attached hydrogens (primary N) is 1. The Morgan fingerprint density at radius 1 is 1.18 bits per heavy atom. The molecule has 1 atom stereocenters. The summed E-state index contributed by atoms with van der Waals surface area (Å²) < 4.78 is 1.49. The predicted molar refractivity (Wildman–Crippen MR) is 114 cm³/mol. The summed E-state index contributed by atoms with van der Waals surface area (Å²) in [6, 6.07) is 8.93. The molecule has 146 valence electrons. The maximum Gasteiger partial charge on any atom is 0.258 e. The van der Waals surface area contributed by atoms with E-state index in [2.05, 4.69) is 15.3 Å². The van der Waals surface area contributed by atoms with Gasteiger partial charge in [-0.3, -0.25) is 14.3 Å². The average molecular weight is 418 g/mol. The van der Waals surface area contributed by atoms with Crippen molar-refractivity contribution in [2.24, 2.45) is 12.8 Å². The van der Waals surface area contributed by atoms with E-state index in [1.165, 1.54) is 4.57 Å². The lowest BCUT2D eigenvalue weighted by atomic mass is 10.1. The standard InChI is InChI=1S/C20H21Cl2N5O/c1-12-18(14-5-7-24-8-6-14)26-20(27(2)19(12)28)25-11-15(23)9-13-3-4-16(21)17(22)10-13/h3-8,10,15H,9,11,23H2,1-2H3,(H,25,26)/t15-/m0/s1. The SMILES string of the molecule is Cc1c(-c2ccncc2)nc(NC[C@@H](N)Cc2ccc(Cl)c(Cl)c2)n(C)c1=O. The Balaban J connectivity index is 1.77. The van der Waals surface area contributed by atoms with Gasteiger partial charge in [0.15, 0.2) is 0 Å². The van der Waals surface area contributed by atoms with Crippen molar-refractivity contribution in [1.29, 1.82) is 0 Å². The molecule has 0 amide bonds. The van der Waals surface area contributed by atoms with Crippen LogP contribution in [0.25, 0.3) is 11.3 Å². The summed E-state index contributed by atoms with van der Waals surface area (Å²) in [5, 5.41) is 4.21. The molecular weight excluding hydrogens is 397 g/mol. The molecule has 0 saturated heterocycles. The Morgan fingerprint density at radius 3 is 2.57 bits per heavy atom. The Kier molecular flexibility index (Phi) is 6.34. The highest BCUT2D eigenvalue weighted by atomic mass is 35.5. The number of halogens is 2. The number of aromatic nitrogens is 3. The summed E-state index contributed by atoms with van der Waals surface area (Å²) in [7, 11) is 1.69. The van der Waals surface area contributed by atoms with Crippen LogP contribution in [0.5, 0.6) is 0 Å². The van der Waals surface area contributed by atoms with Crippen molar-refractivity contribution in [3.8, 4) is 11.3 Å². The number of hydrogen-bond acceptors (Lipinski definition) is 5. The van der Waals surface area contributed by atoms with Crippen molar-refractivity contribution in [3.05, 3.63) is 74.3 Å². The van der Waals surface area contributed by atoms with Crippen LogP contribution in [-0.2, 0) is 13.5 Å². The number of pyridine rings is 1. The van der Waals surface area contributed by atoms with Crippen molar-refractivity contribution in [2.75, 3.05) is 11.9 Å². The highest BCUT2D eigenvalue weighted by Gasteiger charge is 2.14. The summed E-state index contributed by atoms with van der Waals surface area (Å²) in [5.41, 5.74) is 9.18. The van der Waals surface area contributed by atoms with Crippen LogP contribution in [0.15, 0.2) is 47.5 Å². The molecule has 0 aliphatic heterocycles. The van der Waals surface area contributed by atoms with Gasteiger partial charge < -0.3 is 11.1 Å². The van der Waals surface area contributed by atoms with E-state index in [1.807, 2.05) is 24.3 Å². The van der Waals surface area contributed by atoms with Gasteiger partial charge in [-0.1, -0.05) is 29.3 Å². The van der Waals surface area contributed by atoms with Crippen molar-refractivity contribution in [2.45, 2.75) is 19.4 Å². The first-order valence-corrected chi connectivity index (χ1v) is 9.54. The predicted octanol–water partition coefficient (Wildman–Crippen LogP) is 3.44.